The summed E-state index contributed by atoms with van der Waals surface area (Å²) in [7, 11) is 0. The van der Waals surface area contributed by atoms with E-state index in [2.05, 4.69) is 46.9 Å². The summed E-state index contributed by atoms with van der Waals surface area (Å²) in [4.78, 5) is 26.1. The first-order valence-corrected chi connectivity index (χ1v) is 11.8. The Bertz CT molecular complexity index is 1370. The molecule has 3 N–H and O–H groups in total. The van der Waals surface area contributed by atoms with E-state index in [-0.39, 0.29) is 6.17 Å². The molecule has 3 aromatic rings. The number of hydrogen-bond acceptors (Lipinski definition) is 12. The number of hydrazine groups is 3. The largest absolute Gasteiger partial charge is 0.473 e. The Morgan fingerprint density at radius 1 is 1.06 bits per heavy atom. The number of hydrogen-bond donors (Lipinski definition) is 3. The van der Waals surface area contributed by atoms with E-state index in [1.807, 2.05) is 29.4 Å². The monoisotopic (exact) mass is 484 g/mol. The molecule has 2 atom stereocenters. The van der Waals surface area contributed by atoms with Crippen LogP contribution >= 0.6 is 0 Å². The molecule has 7 heterocycles. The summed E-state index contributed by atoms with van der Waals surface area (Å²) in [6.07, 6.45) is 20.3. The van der Waals surface area contributed by atoms with Gasteiger partial charge in [-0.3, -0.25) is 9.97 Å². The molecule has 1 saturated heterocycles. The molecule has 1 fully saturated rings. The van der Waals surface area contributed by atoms with Crippen LogP contribution in [-0.2, 0) is 4.74 Å². The zero-order chi connectivity index (χ0) is 23.9. The van der Waals surface area contributed by atoms with E-state index in [0.717, 1.165) is 36.4 Å². The van der Waals surface area contributed by atoms with E-state index >= 15 is 0 Å². The van der Waals surface area contributed by atoms with Crippen molar-refractivity contribution in [2.75, 3.05) is 24.6 Å². The smallest absolute Gasteiger partial charge is 0.248 e. The summed E-state index contributed by atoms with van der Waals surface area (Å²) in [5, 5.41) is 8.42. The molecule has 0 saturated carbocycles. The van der Waals surface area contributed by atoms with Crippen LogP contribution in [0, 0.1) is 0 Å². The Kier molecular flexibility index (Phi) is 4.99. The van der Waals surface area contributed by atoms with E-state index in [4.69, 9.17) is 19.7 Å². The van der Waals surface area contributed by atoms with Gasteiger partial charge in [0, 0.05) is 38.2 Å². The summed E-state index contributed by atoms with van der Waals surface area (Å²) in [5.41, 5.74) is 10.9. The number of aromatic amines is 1. The molecule has 7 rings (SSSR count). The molecule has 3 aromatic heterocycles. The molecular formula is C23H24N12O. The number of aromatic nitrogens is 6. The molecule has 2 unspecified atom stereocenters. The van der Waals surface area contributed by atoms with Crippen LogP contribution in [0.15, 0.2) is 73.6 Å². The third-order valence-corrected chi connectivity index (χ3v) is 6.39. The number of nitrogens with one attached hydrogen (secondary N) is 3. The van der Waals surface area contributed by atoms with E-state index in [0.29, 0.717) is 23.8 Å². The number of rotatable bonds is 5. The Labute approximate surface area is 206 Å². The average molecular weight is 485 g/mol. The molecule has 0 radical (unpaired) electrons. The van der Waals surface area contributed by atoms with Crippen LogP contribution in [0.2, 0.25) is 0 Å². The lowest BCUT2D eigenvalue weighted by atomic mass is 10.2. The van der Waals surface area contributed by atoms with Crippen LogP contribution in [0.3, 0.4) is 0 Å². The Balaban J connectivity index is 1.47. The standard InChI is InChI=1S/C23H24N12O/c1-2-12-36-18(5-1)34-19(16-13-24-8-9-25-16)20(32-10-3-6-29-32)22(33-11-4-7-30-33)35(34)23-26-14-17-21(31-23)28-15-27-17/h1-2,4-5,7-9,12-15,18,22,29-30H,3,6,10-11H2,(H,26,27,28,31). The lowest BCUT2D eigenvalue weighted by Crippen LogP contribution is -2.58. The number of imidazole rings is 1. The molecule has 0 bridgehead atoms. The normalized spacial score (nSPS) is 23.8. The maximum Gasteiger partial charge on any atom is 0.248 e. The van der Waals surface area contributed by atoms with Crippen LogP contribution in [0.1, 0.15) is 12.1 Å². The molecule has 0 spiro atoms. The molecule has 182 valence electrons. The fourth-order valence-electron chi connectivity index (χ4n) is 4.88. The lowest BCUT2D eigenvalue weighted by Gasteiger charge is -2.41. The van der Waals surface area contributed by atoms with Gasteiger partial charge in [0.05, 0.1) is 30.7 Å². The first kappa shape index (κ1) is 20.8. The highest BCUT2D eigenvalue weighted by atomic mass is 16.5. The predicted octanol–water partition coefficient (Wildman–Crippen LogP) is 0.845. The molecule has 0 amide bonds. The minimum absolute atomic E-state index is 0.332. The fraction of sp³-hybridized carbons (Fsp3) is 0.261. The maximum atomic E-state index is 6.12. The van der Waals surface area contributed by atoms with Gasteiger partial charge < -0.3 is 20.2 Å². The highest BCUT2D eigenvalue weighted by molar-refractivity contribution is 5.74. The van der Waals surface area contributed by atoms with E-state index in [9.17, 15) is 0 Å². The zero-order valence-corrected chi connectivity index (χ0v) is 19.3. The topological polar surface area (TPSA) is 126 Å². The van der Waals surface area contributed by atoms with Crippen molar-refractivity contribution in [2.45, 2.75) is 18.8 Å². The van der Waals surface area contributed by atoms with Gasteiger partial charge in [-0.15, -0.1) is 0 Å². The molecule has 13 nitrogen and oxygen atoms in total. The highest BCUT2D eigenvalue weighted by Crippen LogP contribution is 2.42. The van der Waals surface area contributed by atoms with Gasteiger partial charge in [-0.25, -0.2) is 25.4 Å². The fourth-order valence-corrected chi connectivity index (χ4v) is 4.88. The van der Waals surface area contributed by atoms with E-state index < -0.39 is 6.23 Å². The van der Waals surface area contributed by atoms with Gasteiger partial charge in [0.1, 0.15) is 16.9 Å². The number of allylic oxidation sites excluding steroid dienone is 2. The van der Waals surface area contributed by atoms with Crippen molar-refractivity contribution in [3.8, 4) is 0 Å². The van der Waals surface area contributed by atoms with Crippen molar-refractivity contribution >= 4 is 22.8 Å². The zero-order valence-electron chi connectivity index (χ0n) is 19.3. The average Bonchev–Trinajstić information content (AvgIpc) is 3.74. The minimum Gasteiger partial charge on any atom is -0.473 e. The van der Waals surface area contributed by atoms with E-state index in [1.165, 1.54) is 0 Å². The molecule has 4 aliphatic heterocycles. The summed E-state index contributed by atoms with van der Waals surface area (Å²) in [6, 6.07) is 0. The van der Waals surface area contributed by atoms with Crippen molar-refractivity contribution in [1.29, 1.82) is 0 Å². The maximum absolute atomic E-state index is 6.12. The van der Waals surface area contributed by atoms with Crippen molar-refractivity contribution in [3.63, 3.8) is 0 Å². The van der Waals surface area contributed by atoms with Crippen molar-refractivity contribution in [2.24, 2.45) is 0 Å². The van der Waals surface area contributed by atoms with Crippen LogP contribution in [-0.4, -0.2) is 77.0 Å². The van der Waals surface area contributed by atoms with Gasteiger partial charge in [0.25, 0.3) is 0 Å². The highest BCUT2D eigenvalue weighted by Gasteiger charge is 2.50. The van der Waals surface area contributed by atoms with Gasteiger partial charge in [-0.05, 0) is 18.6 Å². The second-order valence-corrected chi connectivity index (χ2v) is 8.53. The van der Waals surface area contributed by atoms with Crippen LogP contribution in [0.25, 0.3) is 16.9 Å². The van der Waals surface area contributed by atoms with Gasteiger partial charge in [-0.2, -0.15) is 9.99 Å². The van der Waals surface area contributed by atoms with E-state index in [1.54, 1.807) is 37.4 Å². The third-order valence-electron chi connectivity index (χ3n) is 6.39. The number of H-pyrrole nitrogens is 1. The number of ether oxygens (including phenoxy) is 1. The molecule has 4 aliphatic rings. The quantitative estimate of drug-likeness (QED) is 0.475. The first-order valence-electron chi connectivity index (χ1n) is 11.8. The first-order chi connectivity index (χ1) is 17.9. The van der Waals surface area contributed by atoms with Crippen LogP contribution in [0.5, 0.6) is 0 Å². The van der Waals surface area contributed by atoms with Gasteiger partial charge in [0.2, 0.25) is 12.2 Å². The molecule has 36 heavy (non-hydrogen) atoms. The van der Waals surface area contributed by atoms with Crippen LogP contribution < -0.4 is 15.9 Å². The van der Waals surface area contributed by atoms with Crippen LogP contribution in [0.4, 0.5) is 5.95 Å². The van der Waals surface area contributed by atoms with Crippen molar-refractivity contribution < 1.29 is 4.74 Å². The minimum atomic E-state index is -0.469. The summed E-state index contributed by atoms with van der Waals surface area (Å²) in [5.74, 6) is 0.482. The van der Waals surface area contributed by atoms with Gasteiger partial charge in [0.15, 0.2) is 11.8 Å². The summed E-state index contributed by atoms with van der Waals surface area (Å²) in [6.45, 7) is 2.42. The second-order valence-electron chi connectivity index (χ2n) is 8.53. The third kappa shape index (κ3) is 3.36. The molecule has 0 aliphatic carbocycles. The van der Waals surface area contributed by atoms with Gasteiger partial charge in [-0.1, -0.05) is 12.2 Å². The van der Waals surface area contributed by atoms with Crippen molar-refractivity contribution in [1.82, 2.24) is 55.8 Å². The van der Waals surface area contributed by atoms with Gasteiger partial charge >= 0.3 is 0 Å². The lowest BCUT2D eigenvalue weighted by molar-refractivity contribution is 0.0421. The number of anilines is 1. The Hall–Kier alpha value is -4.49. The number of fused-ring (bicyclic) bond motifs is 1. The molecular weight excluding hydrogens is 460 g/mol. The summed E-state index contributed by atoms with van der Waals surface area (Å²) < 4.78 is 6.12. The Morgan fingerprint density at radius 2 is 2.06 bits per heavy atom. The molecule has 0 aromatic carbocycles. The second kappa shape index (κ2) is 8.62. The number of nitrogens with zero attached hydrogens (tertiary/aromatic N) is 9. The SMILES string of the molecule is C1=COC(N2C(c3cnccn3)=C(N3CCCN3)C(N3CC=CN3)N2c2ncc3[nH]cnc3n2)C=C1. The van der Waals surface area contributed by atoms with Crippen molar-refractivity contribution in [3.05, 3.63) is 79.3 Å². The Morgan fingerprint density at radius 3 is 2.83 bits per heavy atom. The predicted molar refractivity (Wildman–Crippen MR) is 130 cm³/mol. The summed E-state index contributed by atoms with van der Waals surface area (Å²) >= 11 is 0. The molecule has 13 heteroatoms.